The number of nitrogens with zero attached hydrogens (tertiary/aromatic N) is 1. The summed E-state index contributed by atoms with van der Waals surface area (Å²) in [4.78, 5) is 68.9. The molecule has 2 saturated carbocycles. The zero-order valence-corrected chi connectivity index (χ0v) is 26.5. The molecule has 6 atom stereocenters. The number of ketones is 4. The van der Waals surface area contributed by atoms with Gasteiger partial charge in [-0.1, -0.05) is 20.8 Å². The highest BCUT2D eigenvalue weighted by atomic mass is 16.3. The molecule has 3 aliphatic carbocycles. The van der Waals surface area contributed by atoms with Gasteiger partial charge in [0.2, 0.25) is 5.91 Å². The second-order valence-corrected chi connectivity index (χ2v) is 15.0. The Morgan fingerprint density at radius 2 is 1.67 bits per heavy atom. The number of likely N-dealkylation sites (N-methyl/N-ethyl adjacent to an activating group) is 1. The highest BCUT2D eigenvalue weighted by Gasteiger charge is 2.69. The molecule has 11 heteroatoms. The van der Waals surface area contributed by atoms with E-state index in [1.165, 1.54) is 4.90 Å². The fourth-order valence-electron chi connectivity index (χ4n) is 7.04. The number of nitrogens with two attached hydrogens (primary N) is 1. The maximum Gasteiger partial charge on any atom is 0.235 e. The number of amides is 1. The smallest absolute Gasteiger partial charge is 0.235 e. The van der Waals surface area contributed by atoms with Gasteiger partial charge in [-0.3, -0.25) is 28.9 Å². The van der Waals surface area contributed by atoms with E-state index in [-0.39, 0.29) is 41.7 Å². The van der Waals surface area contributed by atoms with E-state index in [2.05, 4.69) is 31.4 Å². The van der Waals surface area contributed by atoms with Crippen molar-refractivity contribution in [2.75, 3.05) is 20.6 Å². The third-order valence-corrected chi connectivity index (χ3v) is 9.01. The number of fused-ring (bicyclic) bond motifs is 3. The molecule has 0 radical (unpaired) electrons. The summed E-state index contributed by atoms with van der Waals surface area (Å²) in [5.41, 5.74) is 4.34. The van der Waals surface area contributed by atoms with Crippen molar-refractivity contribution in [1.82, 2.24) is 15.5 Å². The summed E-state index contributed by atoms with van der Waals surface area (Å²) in [6, 6.07) is 0.749. The fourth-order valence-corrected chi connectivity index (χ4v) is 7.04. The van der Waals surface area contributed by atoms with E-state index >= 15 is 0 Å². The molecule has 4 rings (SSSR count). The van der Waals surface area contributed by atoms with Crippen molar-refractivity contribution in [2.45, 2.75) is 84.7 Å². The lowest BCUT2D eigenvalue weighted by Crippen LogP contribution is -2.74. The van der Waals surface area contributed by atoms with Crippen LogP contribution in [0.4, 0.5) is 0 Å². The summed E-state index contributed by atoms with van der Waals surface area (Å²) in [6.45, 7) is 13.6. The maximum absolute atomic E-state index is 14.2. The van der Waals surface area contributed by atoms with Crippen LogP contribution in [0.25, 0.3) is 0 Å². The highest BCUT2D eigenvalue weighted by molar-refractivity contribution is 6.32. The molecule has 236 valence electrons. The number of nitrogens with one attached hydrogen (secondary N) is 2. The number of phenolic OH excluding ortho intramolecular Hbond substituents is 1. The van der Waals surface area contributed by atoms with Crippen molar-refractivity contribution in [3.05, 3.63) is 28.3 Å². The Morgan fingerprint density at radius 1 is 1.05 bits per heavy atom. The van der Waals surface area contributed by atoms with E-state index in [0.717, 1.165) is 5.56 Å². The van der Waals surface area contributed by atoms with Gasteiger partial charge in [-0.25, -0.2) is 0 Å². The van der Waals surface area contributed by atoms with Crippen molar-refractivity contribution >= 4 is 29.0 Å². The van der Waals surface area contributed by atoms with E-state index in [1.807, 2.05) is 26.8 Å². The van der Waals surface area contributed by atoms with Gasteiger partial charge in [0, 0.05) is 36.7 Å². The molecular weight excluding hydrogens is 552 g/mol. The lowest BCUT2D eigenvalue weighted by atomic mass is 9.52. The van der Waals surface area contributed by atoms with E-state index < -0.39 is 64.4 Å². The van der Waals surface area contributed by atoms with Crippen LogP contribution in [0.3, 0.4) is 0 Å². The number of primary amides is 1. The average molecular weight is 599 g/mol. The van der Waals surface area contributed by atoms with Crippen molar-refractivity contribution in [3.8, 4) is 5.75 Å². The van der Waals surface area contributed by atoms with Crippen molar-refractivity contribution < 1.29 is 34.2 Å². The molecule has 0 spiro atoms. The number of aromatic hydroxyl groups is 1. The van der Waals surface area contributed by atoms with E-state index in [1.54, 1.807) is 14.1 Å². The monoisotopic (exact) mass is 598 g/mol. The van der Waals surface area contributed by atoms with Crippen LogP contribution in [-0.4, -0.2) is 82.0 Å². The molecular formula is C32H46N4O7. The second-order valence-electron chi connectivity index (χ2n) is 15.0. The van der Waals surface area contributed by atoms with Gasteiger partial charge >= 0.3 is 0 Å². The second kappa shape index (κ2) is 11.2. The Bertz CT molecular complexity index is 1370. The first-order chi connectivity index (χ1) is 19.7. The number of aliphatic hydroxyl groups is 1. The topological polar surface area (TPSA) is 179 Å². The van der Waals surface area contributed by atoms with Gasteiger partial charge in [0.05, 0.1) is 17.5 Å². The van der Waals surface area contributed by atoms with Gasteiger partial charge in [-0.15, -0.1) is 0 Å². The molecule has 2 fully saturated rings. The summed E-state index contributed by atoms with van der Waals surface area (Å²) in [5.74, 6) is -10.4. The van der Waals surface area contributed by atoms with Gasteiger partial charge in [0.15, 0.2) is 34.7 Å². The molecule has 0 aromatic heterocycles. The molecule has 1 amide bonds. The molecule has 6 N–H and O–H groups in total. The Kier molecular flexibility index (Phi) is 8.56. The first-order valence-electron chi connectivity index (χ1n) is 14.9. The molecule has 43 heavy (non-hydrogen) atoms. The number of rotatable bonds is 7. The SMILES string of the molecule is CN(C)C1C(=O)C(C(N)=O)C(=O)[C@@]2(O)C(=O)C3C(=O)c4c(O)c(CNCC(C)(C)C)cc(CNC(C)(C)C)c4C[C@H]3C[C@@H]12. The zero-order valence-electron chi connectivity index (χ0n) is 26.5. The maximum atomic E-state index is 14.2. The summed E-state index contributed by atoms with van der Waals surface area (Å²) in [5, 5.41) is 30.0. The third-order valence-electron chi connectivity index (χ3n) is 9.01. The molecule has 1 aromatic carbocycles. The Morgan fingerprint density at radius 3 is 2.21 bits per heavy atom. The van der Waals surface area contributed by atoms with Crippen LogP contribution < -0.4 is 16.4 Å². The van der Waals surface area contributed by atoms with Gasteiger partial charge in [-0.05, 0) is 76.2 Å². The molecule has 1 aromatic rings. The van der Waals surface area contributed by atoms with Crippen molar-refractivity contribution in [1.29, 1.82) is 0 Å². The number of carbonyl (C=O) groups excluding carboxylic acids is 5. The van der Waals surface area contributed by atoms with Crippen molar-refractivity contribution in [3.63, 3.8) is 0 Å². The minimum atomic E-state index is -2.74. The molecule has 3 unspecified atom stereocenters. The lowest BCUT2D eigenvalue weighted by Gasteiger charge is -2.52. The number of benzene rings is 1. The van der Waals surface area contributed by atoms with Gasteiger partial charge in [0.1, 0.15) is 5.75 Å². The Labute approximate surface area is 252 Å². The lowest BCUT2D eigenvalue weighted by molar-refractivity contribution is -0.181. The van der Waals surface area contributed by atoms with Gasteiger partial charge < -0.3 is 26.6 Å². The predicted octanol–water partition coefficient (Wildman–Crippen LogP) is 0.891. The summed E-state index contributed by atoms with van der Waals surface area (Å²) < 4.78 is 0. The van der Waals surface area contributed by atoms with Crippen LogP contribution >= 0.6 is 0 Å². The number of hydrogen-bond acceptors (Lipinski definition) is 10. The van der Waals surface area contributed by atoms with Gasteiger partial charge in [-0.2, -0.15) is 0 Å². The first kappa shape index (κ1) is 32.9. The van der Waals surface area contributed by atoms with Crippen LogP contribution in [0, 0.1) is 29.1 Å². The average Bonchev–Trinajstić information content (AvgIpc) is 2.85. The molecule has 11 nitrogen and oxygen atoms in total. The van der Waals surface area contributed by atoms with Crippen LogP contribution in [0.2, 0.25) is 0 Å². The Balaban J connectivity index is 1.83. The molecule has 0 bridgehead atoms. The number of hydrogen-bond donors (Lipinski definition) is 5. The summed E-state index contributed by atoms with van der Waals surface area (Å²) in [6.07, 6.45) is 0.252. The number of phenols is 1. The van der Waals surface area contributed by atoms with Crippen LogP contribution in [0.1, 0.15) is 75.0 Å². The Hall–Kier alpha value is -2.99. The quantitative estimate of drug-likeness (QED) is 0.283. The zero-order chi connectivity index (χ0) is 32.4. The van der Waals surface area contributed by atoms with Crippen LogP contribution in [0.5, 0.6) is 5.75 Å². The van der Waals surface area contributed by atoms with Crippen molar-refractivity contribution in [2.24, 2.45) is 34.8 Å². The van der Waals surface area contributed by atoms with E-state index in [9.17, 15) is 34.2 Å². The minimum Gasteiger partial charge on any atom is -0.507 e. The highest BCUT2D eigenvalue weighted by Crippen LogP contribution is 2.51. The summed E-state index contributed by atoms with van der Waals surface area (Å²) >= 11 is 0. The number of Topliss-reactive ketones (excluding diaryl/α,β-unsaturated/α-hetero) is 4. The fraction of sp³-hybridized carbons (Fsp3) is 0.656. The third kappa shape index (κ3) is 5.80. The summed E-state index contributed by atoms with van der Waals surface area (Å²) in [7, 11) is 3.14. The predicted molar refractivity (Wildman–Crippen MR) is 159 cm³/mol. The standard InChI is InChI=1S/C32H46N4O7/c1-30(2,3)14-34-12-17-9-16(13-35-31(4,5)6)18-10-15-11-19-23(36(7)8)26(39)22(29(33)42)28(41)32(19,43)27(40)20(15)25(38)21(18)24(17)37/h9,15,19-20,22-23,34-35,37,43H,10-14H2,1-8H3,(H2,33,42)/t15-,19-,20?,22?,23?,32-/m0/s1. The molecule has 3 aliphatic rings. The molecule has 0 heterocycles. The largest absolute Gasteiger partial charge is 0.507 e. The minimum absolute atomic E-state index is 0.0195. The molecule has 0 aliphatic heterocycles. The van der Waals surface area contributed by atoms with E-state index in [4.69, 9.17) is 5.73 Å². The van der Waals surface area contributed by atoms with Crippen LogP contribution in [0.15, 0.2) is 6.07 Å². The van der Waals surface area contributed by atoms with E-state index in [0.29, 0.717) is 24.2 Å². The number of carbonyl (C=O) groups is 5. The normalized spacial score (nSPS) is 29.4. The molecule has 0 saturated heterocycles. The van der Waals surface area contributed by atoms with Gasteiger partial charge in [0.25, 0.3) is 0 Å². The van der Waals surface area contributed by atoms with Crippen LogP contribution in [-0.2, 0) is 38.7 Å². The first-order valence-corrected chi connectivity index (χ1v) is 14.9.